The van der Waals surface area contributed by atoms with E-state index < -0.39 is 0 Å². The molecule has 0 saturated heterocycles. The second kappa shape index (κ2) is 8.27. The van der Waals surface area contributed by atoms with Gasteiger partial charge in [0.1, 0.15) is 0 Å². The van der Waals surface area contributed by atoms with Gasteiger partial charge in [0.15, 0.2) is 10.9 Å². The van der Waals surface area contributed by atoms with E-state index in [-0.39, 0.29) is 30.6 Å². The molecule has 3 N–H and O–H groups in total. The fraction of sp³-hybridized carbons (Fsp3) is 0.357. The van der Waals surface area contributed by atoms with E-state index in [0.717, 1.165) is 0 Å². The molecule has 5 nitrogen and oxygen atoms in total. The van der Waals surface area contributed by atoms with Crippen LogP contribution in [0.5, 0.6) is 0 Å². The highest BCUT2D eigenvalue weighted by atomic mass is 32.1. The summed E-state index contributed by atoms with van der Waals surface area (Å²) in [6.07, 6.45) is 0.285. The molecule has 0 spiro atoms. The fourth-order valence-electron chi connectivity index (χ4n) is 1.48. The van der Waals surface area contributed by atoms with Crippen LogP contribution in [0.3, 0.4) is 0 Å². The van der Waals surface area contributed by atoms with Crippen molar-refractivity contribution in [3.05, 3.63) is 35.9 Å². The SMILES string of the molecule is CC(C)NC(=S)NNC(=O)CCC(=O)c1ccccc1. The minimum absolute atomic E-state index is 0.0522. The summed E-state index contributed by atoms with van der Waals surface area (Å²) < 4.78 is 0. The number of hydrogen-bond donors (Lipinski definition) is 3. The van der Waals surface area contributed by atoms with Crippen LogP contribution in [-0.4, -0.2) is 22.8 Å². The zero-order chi connectivity index (χ0) is 15.0. The van der Waals surface area contributed by atoms with Crippen molar-refractivity contribution in [1.29, 1.82) is 0 Å². The first kappa shape index (κ1) is 16.1. The summed E-state index contributed by atoms with van der Waals surface area (Å²) in [6, 6.07) is 9.10. The second-order valence-corrected chi connectivity index (χ2v) is 5.00. The zero-order valence-corrected chi connectivity index (χ0v) is 12.4. The van der Waals surface area contributed by atoms with Gasteiger partial charge in [0.25, 0.3) is 0 Å². The van der Waals surface area contributed by atoms with E-state index in [0.29, 0.717) is 10.7 Å². The molecule has 0 saturated carbocycles. The number of thiocarbonyl (C=S) groups is 1. The van der Waals surface area contributed by atoms with Crippen molar-refractivity contribution in [2.45, 2.75) is 32.7 Å². The molecule has 1 aromatic carbocycles. The van der Waals surface area contributed by atoms with Crippen molar-refractivity contribution in [2.24, 2.45) is 0 Å². The third kappa shape index (κ3) is 6.29. The van der Waals surface area contributed by atoms with Gasteiger partial charge in [-0.25, -0.2) is 0 Å². The Hall–Kier alpha value is -1.95. The van der Waals surface area contributed by atoms with Crippen LogP contribution in [0.25, 0.3) is 0 Å². The van der Waals surface area contributed by atoms with Crippen LogP contribution in [0.15, 0.2) is 30.3 Å². The molecule has 0 atom stereocenters. The summed E-state index contributed by atoms with van der Waals surface area (Å²) in [4.78, 5) is 23.4. The van der Waals surface area contributed by atoms with Crippen LogP contribution in [0, 0.1) is 0 Å². The smallest absolute Gasteiger partial charge is 0.238 e. The van der Waals surface area contributed by atoms with Crippen molar-refractivity contribution in [3.8, 4) is 0 Å². The van der Waals surface area contributed by atoms with Gasteiger partial charge in [0.2, 0.25) is 5.91 Å². The summed E-state index contributed by atoms with van der Waals surface area (Å²) in [5.41, 5.74) is 5.65. The first-order chi connectivity index (χ1) is 9.49. The Balaban J connectivity index is 2.27. The van der Waals surface area contributed by atoms with Crippen LogP contribution in [0.2, 0.25) is 0 Å². The molecule has 0 bridgehead atoms. The molecule has 1 amide bonds. The third-order valence-corrected chi connectivity index (χ3v) is 2.63. The van der Waals surface area contributed by atoms with Crippen LogP contribution in [0.4, 0.5) is 0 Å². The maximum absolute atomic E-state index is 11.8. The molecule has 1 aromatic rings. The van der Waals surface area contributed by atoms with Crippen LogP contribution < -0.4 is 16.2 Å². The van der Waals surface area contributed by atoms with Gasteiger partial charge in [-0.15, -0.1) is 0 Å². The van der Waals surface area contributed by atoms with E-state index in [4.69, 9.17) is 12.2 Å². The summed E-state index contributed by atoms with van der Waals surface area (Å²) in [6.45, 7) is 3.88. The van der Waals surface area contributed by atoms with Crippen molar-refractivity contribution in [3.63, 3.8) is 0 Å². The zero-order valence-electron chi connectivity index (χ0n) is 11.6. The minimum atomic E-state index is -0.276. The molecule has 6 heteroatoms. The molecule has 0 radical (unpaired) electrons. The monoisotopic (exact) mass is 293 g/mol. The number of ketones is 1. The number of rotatable bonds is 5. The Bertz CT molecular complexity index is 475. The van der Waals surface area contributed by atoms with Crippen LogP contribution in [0.1, 0.15) is 37.0 Å². The molecule has 0 unspecified atom stereocenters. The van der Waals surface area contributed by atoms with Gasteiger partial charge in [-0.05, 0) is 26.1 Å². The third-order valence-electron chi connectivity index (χ3n) is 2.41. The van der Waals surface area contributed by atoms with Crippen molar-refractivity contribution in [2.75, 3.05) is 0 Å². The number of hydrogen-bond acceptors (Lipinski definition) is 3. The number of Topliss-reactive ketones (excluding diaryl/α,β-unsaturated/α-hetero) is 1. The summed E-state index contributed by atoms with van der Waals surface area (Å²) in [5, 5.41) is 3.28. The highest BCUT2D eigenvalue weighted by Crippen LogP contribution is 2.04. The number of carbonyl (C=O) groups is 2. The Kier molecular flexibility index (Phi) is 6.66. The highest BCUT2D eigenvalue weighted by Gasteiger charge is 2.09. The molecule has 0 aliphatic heterocycles. The van der Waals surface area contributed by atoms with Crippen molar-refractivity contribution >= 4 is 29.0 Å². The first-order valence-corrected chi connectivity index (χ1v) is 6.83. The van der Waals surface area contributed by atoms with Gasteiger partial charge in [0.05, 0.1) is 0 Å². The number of carbonyl (C=O) groups excluding carboxylic acids is 2. The standard InChI is InChI=1S/C14H19N3O2S/c1-10(2)15-14(20)17-16-13(19)9-8-12(18)11-6-4-3-5-7-11/h3-7,10H,8-9H2,1-2H3,(H,16,19)(H2,15,17,20). The van der Waals surface area contributed by atoms with Gasteiger partial charge >= 0.3 is 0 Å². The van der Waals surface area contributed by atoms with E-state index in [2.05, 4.69) is 16.2 Å². The lowest BCUT2D eigenvalue weighted by Gasteiger charge is -2.13. The topological polar surface area (TPSA) is 70.2 Å². The summed E-state index contributed by atoms with van der Waals surface area (Å²) >= 11 is 4.96. The molecular weight excluding hydrogens is 274 g/mol. The van der Waals surface area contributed by atoms with Crippen LogP contribution in [-0.2, 0) is 4.79 Å². The van der Waals surface area contributed by atoms with Crippen molar-refractivity contribution < 1.29 is 9.59 Å². The number of benzene rings is 1. The second-order valence-electron chi connectivity index (χ2n) is 4.59. The van der Waals surface area contributed by atoms with E-state index in [1.54, 1.807) is 24.3 Å². The molecule has 0 heterocycles. The molecule has 0 aliphatic carbocycles. The molecule has 0 fully saturated rings. The normalized spacial score (nSPS) is 9.95. The van der Waals surface area contributed by atoms with E-state index >= 15 is 0 Å². The number of amides is 1. The predicted molar refractivity (Wildman–Crippen MR) is 82.2 cm³/mol. The molecule has 0 aromatic heterocycles. The Morgan fingerprint density at radius 3 is 2.35 bits per heavy atom. The molecule has 0 aliphatic rings. The Morgan fingerprint density at radius 1 is 1.10 bits per heavy atom. The molecule has 108 valence electrons. The maximum atomic E-state index is 11.8. The van der Waals surface area contributed by atoms with Crippen LogP contribution >= 0.6 is 12.2 Å². The highest BCUT2D eigenvalue weighted by molar-refractivity contribution is 7.80. The average Bonchev–Trinajstić information content (AvgIpc) is 2.42. The Morgan fingerprint density at radius 2 is 1.75 bits per heavy atom. The first-order valence-electron chi connectivity index (χ1n) is 6.42. The van der Waals surface area contributed by atoms with Gasteiger partial charge < -0.3 is 5.32 Å². The lowest BCUT2D eigenvalue weighted by atomic mass is 10.1. The van der Waals surface area contributed by atoms with E-state index in [9.17, 15) is 9.59 Å². The maximum Gasteiger partial charge on any atom is 0.238 e. The summed E-state index contributed by atoms with van der Waals surface area (Å²) in [5.74, 6) is -0.328. The fourth-order valence-corrected chi connectivity index (χ4v) is 1.77. The lowest BCUT2D eigenvalue weighted by Crippen LogP contribution is -2.48. The minimum Gasteiger partial charge on any atom is -0.359 e. The Labute approximate surface area is 124 Å². The number of hydrazine groups is 1. The average molecular weight is 293 g/mol. The van der Waals surface area contributed by atoms with Gasteiger partial charge in [-0.2, -0.15) is 0 Å². The molecular formula is C14H19N3O2S. The van der Waals surface area contributed by atoms with E-state index in [1.165, 1.54) is 0 Å². The molecule has 1 rings (SSSR count). The quantitative estimate of drug-likeness (QED) is 0.436. The molecule has 20 heavy (non-hydrogen) atoms. The largest absolute Gasteiger partial charge is 0.359 e. The van der Waals surface area contributed by atoms with Gasteiger partial charge in [0, 0.05) is 24.4 Å². The lowest BCUT2D eigenvalue weighted by molar-refractivity contribution is -0.121. The van der Waals surface area contributed by atoms with Crippen molar-refractivity contribution in [1.82, 2.24) is 16.2 Å². The van der Waals surface area contributed by atoms with Gasteiger partial charge in [-0.3, -0.25) is 20.4 Å². The number of nitrogens with one attached hydrogen (secondary N) is 3. The van der Waals surface area contributed by atoms with E-state index in [1.807, 2.05) is 19.9 Å². The van der Waals surface area contributed by atoms with Gasteiger partial charge in [-0.1, -0.05) is 30.3 Å². The summed E-state index contributed by atoms with van der Waals surface area (Å²) in [7, 11) is 0. The predicted octanol–water partition coefficient (Wildman–Crippen LogP) is 1.55.